The van der Waals surface area contributed by atoms with Gasteiger partial charge in [0, 0.05) is 18.7 Å². The molecule has 1 unspecified atom stereocenters. The second kappa shape index (κ2) is 10.6. The summed E-state index contributed by atoms with van der Waals surface area (Å²) in [6.45, 7) is 10.4. The van der Waals surface area contributed by atoms with E-state index in [9.17, 15) is 0 Å². The summed E-state index contributed by atoms with van der Waals surface area (Å²) in [5.41, 5.74) is 9.06. The molecule has 0 saturated carbocycles. The third-order valence-corrected chi connectivity index (χ3v) is 3.66. The summed E-state index contributed by atoms with van der Waals surface area (Å²) in [6, 6.07) is 6.13. The molecule has 1 heterocycles. The number of benzene rings is 1. The number of hydrogen-bond donors (Lipinski definition) is 2. The van der Waals surface area contributed by atoms with Gasteiger partial charge in [-0.25, -0.2) is 4.99 Å². The van der Waals surface area contributed by atoms with Crippen LogP contribution in [0.15, 0.2) is 35.3 Å². The second-order valence-electron chi connectivity index (χ2n) is 6.07. The molecule has 6 heteroatoms. The Kier molecular flexibility index (Phi) is 9.13. The van der Waals surface area contributed by atoms with Gasteiger partial charge in [-0.1, -0.05) is 24.3 Å². The van der Waals surface area contributed by atoms with Crippen molar-refractivity contribution in [2.45, 2.75) is 39.3 Å². The van der Waals surface area contributed by atoms with Gasteiger partial charge in [-0.15, -0.1) is 24.0 Å². The van der Waals surface area contributed by atoms with Crippen LogP contribution in [0, 0.1) is 6.92 Å². The first-order valence-electron chi connectivity index (χ1n) is 8.06. The Hall–Kier alpha value is -1.28. The summed E-state index contributed by atoms with van der Waals surface area (Å²) >= 11 is 0. The van der Waals surface area contributed by atoms with Crippen LogP contribution in [-0.2, 0) is 11.3 Å². The molecule has 1 saturated heterocycles. The number of rotatable bonds is 7. The molecule has 1 fully saturated rings. The Morgan fingerprint density at radius 2 is 2.29 bits per heavy atom. The molecular weight excluding hydrogens is 417 g/mol. The van der Waals surface area contributed by atoms with Crippen molar-refractivity contribution in [3.8, 4) is 5.75 Å². The summed E-state index contributed by atoms with van der Waals surface area (Å²) < 4.78 is 11.6. The lowest BCUT2D eigenvalue weighted by atomic mass is 10.1. The minimum Gasteiger partial charge on any atom is -0.491 e. The summed E-state index contributed by atoms with van der Waals surface area (Å²) in [6.07, 6.45) is 2.38. The van der Waals surface area contributed by atoms with Gasteiger partial charge in [0.15, 0.2) is 5.96 Å². The fraction of sp³-hybridized carbons (Fsp3) is 0.500. The molecule has 134 valence electrons. The molecule has 0 bridgehead atoms. The maximum Gasteiger partial charge on any atom is 0.189 e. The topological polar surface area (TPSA) is 68.9 Å². The molecule has 0 aromatic heterocycles. The zero-order valence-corrected chi connectivity index (χ0v) is 16.8. The van der Waals surface area contributed by atoms with Crippen LogP contribution in [-0.4, -0.2) is 31.8 Å². The summed E-state index contributed by atoms with van der Waals surface area (Å²) in [5.74, 6) is 1.27. The Labute approximate surface area is 161 Å². The zero-order valence-electron chi connectivity index (χ0n) is 14.5. The average molecular weight is 445 g/mol. The minimum absolute atomic E-state index is 0. The third kappa shape index (κ3) is 7.09. The highest BCUT2D eigenvalue weighted by Crippen LogP contribution is 2.23. The van der Waals surface area contributed by atoms with E-state index in [0.29, 0.717) is 25.7 Å². The first-order chi connectivity index (χ1) is 11.0. The van der Waals surface area contributed by atoms with Crippen LogP contribution >= 0.6 is 24.0 Å². The van der Waals surface area contributed by atoms with Gasteiger partial charge < -0.3 is 20.5 Å². The standard InChI is InChI=1S/C18H27N3O2.HI/c1-13(2)10-20-18(19)21-11-15-7-6-14(3)9-17(15)23-12-16-5-4-8-22-16;/h6-7,9,16H,1,4-5,8,10-12H2,2-3H3,(H3,19,20,21);1H. The summed E-state index contributed by atoms with van der Waals surface area (Å²) in [4.78, 5) is 4.37. The van der Waals surface area contributed by atoms with Crippen LogP contribution in [0.4, 0.5) is 0 Å². The van der Waals surface area contributed by atoms with Gasteiger partial charge in [0.25, 0.3) is 0 Å². The highest BCUT2D eigenvalue weighted by molar-refractivity contribution is 14.0. The largest absolute Gasteiger partial charge is 0.491 e. The van der Waals surface area contributed by atoms with Crippen LogP contribution < -0.4 is 15.8 Å². The Balaban J connectivity index is 0.00000288. The van der Waals surface area contributed by atoms with Crippen molar-refractivity contribution in [2.75, 3.05) is 19.8 Å². The van der Waals surface area contributed by atoms with Crippen molar-refractivity contribution in [2.24, 2.45) is 10.7 Å². The highest BCUT2D eigenvalue weighted by Gasteiger charge is 2.16. The fourth-order valence-corrected chi connectivity index (χ4v) is 2.35. The smallest absolute Gasteiger partial charge is 0.189 e. The van der Waals surface area contributed by atoms with Crippen LogP contribution in [0.1, 0.15) is 30.9 Å². The van der Waals surface area contributed by atoms with E-state index in [1.165, 1.54) is 0 Å². The van der Waals surface area contributed by atoms with Gasteiger partial charge in [0.2, 0.25) is 0 Å². The van der Waals surface area contributed by atoms with E-state index in [1.807, 2.05) is 19.1 Å². The number of nitrogens with two attached hydrogens (primary N) is 1. The molecule has 0 aliphatic carbocycles. The number of guanidine groups is 1. The van der Waals surface area contributed by atoms with Crippen molar-refractivity contribution in [3.63, 3.8) is 0 Å². The minimum atomic E-state index is 0. The third-order valence-electron chi connectivity index (χ3n) is 3.66. The lowest BCUT2D eigenvalue weighted by molar-refractivity contribution is 0.0676. The zero-order chi connectivity index (χ0) is 16.7. The number of hydrogen-bond acceptors (Lipinski definition) is 3. The molecule has 1 aromatic rings. The monoisotopic (exact) mass is 445 g/mol. The quantitative estimate of drug-likeness (QED) is 0.293. The number of nitrogens with zero attached hydrogens (tertiary/aromatic N) is 1. The van der Waals surface area contributed by atoms with E-state index < -0.39 is 0 Å². The predicted octanol–water partition coefficient (Wildman–Crippen LogP) is 3.15. The van der Waals surface area contributed by atoms with Gasteiger partial charge in [-0.2, -0.15) is 0 Å². The predicted molar refractivity (Wildman–Crippen MR) is 109 cm³/mol. The Morgan fingerprint density at radius 1 is 1.50 bits per heavy atom. The van der Waals surface area contributed by atoms with E-state index in [0.717, 1.165) is 41.9 Å². The molecule has 5 nitrogen and oxygen atoms in total. The van der Waals surface area contributed by atoms with Crippen LogP contribution in [0.5, 0.6) is 5.75 Å². The lowest BCUT2D eigenvalue weighted by Crippen LogP contribution is -2.32. The average Bonchev–Trinajstić information content (AvgIpc) is 3.03. The number of halogens is 1. The first kappa shape index (κ1) is 20.8. The molecule has 1 aliphatic heterocycles. The molecule has 2 rings (SSSR count). The van der Waals surface area contributed by atoms with E-state index in [2.05, 4.69) is 29.9 Å². The molecule has 0 amide bonds. The maximum absolute atomic E-state index is 5.96. The van der Waals surface area contributed by atoms with Crippen molar-refractivity contribution in [3.05, 3.63) is 41.5 Å². The number of nitrogens with one attached hydrogen (secondary N) is 1. The van der Waals surface area contributed by atoms with Gasteiger partial charge in [0.05, 0.1) is 12.6 Å². The maximum atomic E-state index is 5.96. The van der Waals surface area contributed by atoms with Crippen LogP contribution in [0.3, 0.4) is 0 Å². The van der Waals surface area contributed by atoms with Crippen molar-refractivity contribution in [1.29, 1.82) is 0 Å². The molecule has 1 aromatic carbocycles. The Bertz CT molecular complexity index is 569. The molecule has 1 aliphatic rings. The molecule has 24 heavy (non-hydrogen) atoms. The molecule has 3 N–H and O–H groups in total. The molecule has 1 atom stereocenters. The lowest BCUT2D eigenvalue weighted by Gasteiger charge is -2.15. The SMILES string of the molecule is C=C(C)CNC(N)=NCc1ccc(C)cc1OCC1CCCO1.I. The van der Waals surface area contributed by atoms with E-state index in [1.54, 1.807) is 0 Å². The molecule has 0 radical (unpaired) electrons. The summed E-state index contributed by atoms with van der Waals surface area (Å²) in [7, 11) is 0. The van der Waals surface area contributed by atoms with Gasteiger partial charge in [0.1, 0.15) is 12.4 Å². The van der Waals surface area contributed by atoms with E-state index >= 15 is 0 Å². The molecule has 0 spiro atoms. The van der Waals surface area contributed by atoms with Gasteiger partial charge >= 0.3 is 0 Å². The fourth-order valence-electron chi connectivity index (χ4n) is 2.35. The van der Waals surface area contributed by atoms with E-state index in [-0.39, 0.29) is 30.1 Å². The normalized spacial score (nSPS) is 17.2. The van der Waals surface area contributed by atoms with Crippen LogP contribution in [0.2, 0.25) is 0 Å². The number of ether oxygens (including phenoxy) is 2. The van der Waals surface area contributed by atoms with Crippen molar-refractivity contribution in [1.82, 2.24) is 5.32 Å². The van der Waals surface area contributed by atoms with Crippen molar-refractivity contribution < 1.29 is 9.47 Å². The van der Waals surface area contributed by atoms with Gasteiger partial charge in [-0.05, 0) is 38.3 Å². The number of aryl methyl sites for hydroxylation is 1. The van der Waals surface area contributed by atoms with Crippen LogP contribution in [0.25, 0.3) is 0 Å². The molecular formula is C18H28IN3O2. The van der Waals surface area contributed by atoms with E-state index in [4.69, 9.17) is 15.2 Å². The van der Waals surface area contributed by atoms with Gasteiger partial charge in [-0.3, -0.25) is 0 Å². The first-order valence-corrected chi connectivity index (χ1v) is 8.06. The van der Waals surface area contributed by atoms with Crippen molar-refractivity contribution >= 4 is 29.9 Å². The Morgan fingerprint density at radius 3 is 2.96 bits per heavy atom. The number of aliphatic imine (C=N–C) groups is 1. The summed E-state index contributed by atoms with van der Waals surface area (Å²) in [5, 5.41) is 3.03. The second-order valence-corrected chi connectivity index (χ2v) is 6.07. The highest BCUT2D eigenvalue weighted by atomic mass is 127.